The highest BCUT2D eigenvalue weighted by molar-refractivity contribution is 9.10. The standard InChI is InChI=1S/C12H17BrN2O2/c1-9-5-15(7-12(8-16)17-9)6-10-2-11(13)4-14-3-10/h2-4,9,12,16H,5-8H2,1H3. The first-order valence-corrected chi connectivity index (χ1v) is 6.55. The minimum absolute atomic E-state index is 0.0705. The molecular weight excluding hydrogens is 284 g/mol. The minimum atomic E-state index is -0.0705. The van der Waals surface area contributed by atoms with E-state index in [1.807, 2.05) is 13.1 Å². The predicted molar refractivity (Wildman–Crippen MR) is 68.6 cm³/mol. The van der Waals surface area contributed by atoms with Gasteiger partial charge in [-0.1, -0.05) is 0 Å². The van der Waals surface area contributed by atoms with Gasteiger partial charge in [-0.15, -0.1) is 0 Å². The first kappa shape index (κ1) is 13.0. The summed E-state index contributed by atoms with van der Waals surface area (Å²) in [6, 6.07) is 2.07. The van der Waals surface area contributed by atoms with Gasteiger partial charge in [-0.05, 0) is 34.5 Å². The van der Waals surface area contributed by atoms with Crippen LogP contribution in [0.1, 0.15) is 12.5 Å². The lowest BCUT2D eigenvalue weighted by atomic mass is 10.2. The van der Waals surface area contributed by atoms with Crippen molar-refractivity contribution in [1.29, 1.82) is 0 Å². The fourth-order valence-electron chi connectivity index (χ4n) is 2.17. The Morgan fingerprint density at radius 2 is 2.35 bits per heavy atom. The number of ether oxygens (including phenoxy) is 1. The van der Waals surface area contributed by atoms with Gasteiger partial charge >= 0.3 is 0 Å². The molecule has 1 N–H and O–H groups in total. The van der Waals surface area contributed by atoms with Gasteiger partial charge in [0.1, 0.15) is 0 Å². The highest BCUT2D eigenvalue weighted by Crippen LogP contribution is 2.16. The Hall–Kier alpha value is -0.490. The molecular formula is C12H17BrN2O2. The zero-order valence-electron chi connectivity index (χ0n) is 9.84. The number of hydrogen-bond acceptors (Lipinski definition) is 4. The third-order valence-electron chi connectivity index (χ3n) is 2.77. The Kier molecular flexibility index (Phi) is 4.50. The molecule has 5 heteroatoms. The van der Waals surface area contributed by atoms with Crippen molar-refractivity contribution in [2.75, 3.05) is 19.7 Å². The predicted octanol–water partition coefficient (Wildman–Crippen LogP) is 1.43. The van der Waals surface area contributed by atoms with E-state index < -0.39 is 0 Å². The SMILES string of the molecule is CC1CN(Cc2cncc(Br)c2)CC(CO)O1. The zero-order valence-corrected chi connectivity index (χ0v) is 11.4. The number of aliphatic hydroxyl groups is 1. The minimum Gasteiger partial charge on any atom is -0.394 e. The number of halogens is 1. The van der Waals surface area contributed by atoms with Crippen molar-refractivity contribution in [1.82, 2.24) is 9.88 Å². The molecule has 1 fully saturated rings. The summed E-state index contributed by atoms with van der Waals surface area (Å²) in [7, 11) is 0. The van der Waals surface area contributed by atoms with Crippen LogP contribution in [-0.4, -0.2) is 46.9 Å². The molecule has 0 radical (unpaired) electrons. The Morgan fingerprint density at radius 3 is 3.06 bits per heavy atom. The van der Waals surface area contributed by atoms with Crippen LogP contribution < -0.4 is 0 Å². The molecule has 2 heterocycles. The summed E-state index contributed by atoms with van der Waals surface area (Å²) < 4.78 is 6.61. The van der Waals surface area contributed by atoms with E-state index in [1.165, 1.54) is 5.56 Å². The maximum Gasteiger partial charge on any atom is 0.0936 e. The molecule has 0 bridgehead atoms. The zero-order chi connectivity index (χ0) is 12.3. The normalized spacial score (nSPS) is 26.1. The number of pyridine rings is 1. The maximum absolute atomic E-state index is 9.17. The molecule has 2 rings (SSSR count). The highest BCUT2D eigenvalue weighted by Gasteiger charge is 2.24. The molecule has 0 aromatic carbocycles. The number of aliphatic hydroxyl groups excluding tert-OH is 1. The van der Waals surface area contributed by atoms with Crippen LogP contribution in [0.25, 0.3) is 0 Å². The van der Waals surface area contributed by atoms with Gasteiger partial charge in [0.2, 0.25) is 0 Å². The summed E-state index contributed by atoms with van der Waals surface area (Å²) in [4.78, 5) is 6.44. The van der Waals surface area contributed by atoms with Crippen LogP contribution >= 0.6 is 15.9 Å². The van der Waals surface area contributed by atoms with E-state index >= 15 is 0 Å². The van der Waals surface area contributed by atoms with Crippen molar-refractivity contribution >= 4 is 15.9 Å². The molecule has 0 spiro atoms. The van der Waals surface area contributed by atoms with Gasteiger partial charge in [0.15, 0.2) is 0 Å². The maximum atomic E-state index is 9.17. The number of aromatic nitrogens is 1. The molecule has 1 aromatic rings. The van der Waals surface area contributed by atoms with Gasteiger partial charge < -0.3 is 9.84 Å². The van der Waals surface area contributed by atoms with Crippen molar-refractivity contribution in [2.24, 2.45) is 0 Å². The van der Waals surface area contributed by atoms with Gasteiger partial charge in [0.25, 0.3) is 0 Å². The Morgan fingerprint density at radius 1 is 1.53 bits per heavy atom. The summed E-state index contributed by atoms with van der Waals surface area (Å²) in [5, 5.41) is 9.17. The Balaban J connectivity index is 1.98. The molecule has 1 aliphatic rings. The number of morpholine rings is 1. The third-order valence-corrected chi connectivity index (χ3v) is 3.21. The van der Waals surface area contributed by atoms with Crippen LogP contribution in [0.4, 0.5) is 0 Å². The topological polar surface area (TPSA) is 45.6 Å². The molecule has 17 heavy (non-hydrogen) atoms. The third kappa shape index (κ3) is 3.74. The molecule has 0 aliphatic carbocycles. The quantitative estimate of drug-likeness (QED) is 0.917. The number of rotatable bonds is 3. The van der Waals surface area contributed by atoms with Gasteiger partial charge in [0.05, 0.1) is 18.8 Å². The van der Waals surface area contributed by atoms with Crippen LogP contribution in [0.2, 0.25) is 0 Å². The molecule has 0 saturated carbocycles. The number of hydrogen-bond donors (Lipinski definition) is 1. The Labute approximate surface area is 110 Å². The molecule has 1 aromatic heterocycles. The summed E-state index contributed by atoms with van der Waals surface area (Å²) >= 11 is 3.42. The average molecular weight is 301 g/mol. The van der Waals surface area contributed by atoms with E-state index in [-0.39, 0.29) is 18.8 Å². The lowest BCUT2D eigenvalue weighted by molar-refractivity contribution is -0.0972. The van der Waals surface area contributed by atoms with Crippen molar-refractivity contribution in [3.8, 4) is 0 Å². The van der Waals surface area contributed by atoms with Crippen LogP contribution in [0.15, 0.2) is 22.9 Å². The van der Waals surface area contributed by atoms with E-state index in [2.05, 4.69) is 31.9 Å². The lowest BCUT2D eigenvalue weighted by Gasteiger charge is -2.36. The second-order valence-corrected chi connectivity index (χ2v) is 5.37. The average Bonchev–Trinajstić information content (AvgIpc) is 2.28. The summed E-state index contributed by atoms with van der Waals surface area (Å²) in [5.41, 5.74) is 1.17. The van der Waals surface area contributed by atoms with E-state index in [0.29, 0.717) is 0 Å². The van der Waals surface area contributed by atoms with E-state index in [9.17, 15) is 0 Å². The molecule has 2 unspecified atom stereocenters. The lowest BCUT2D eigenvalue weighted by Crippen LogP contribution is -2.47. The van der Waals surface area contributed by atoms with Gasteiger partial charge in [-0.25, -0.2) is 0 Å². The molecule has 1 saturated heterocycles. The highest BCUT2D eigenvalue weighted by atomic mass is 79.9. The first-order chi connectivity index (χ1) is 8.17. The first-order valence-electron chi connectivity index (χ1n) is 5.75. The second-order valence-electron chi connectivity index (χ2n) is 4.46. The van der Waals surface area contributed by atoms with E-state index in [0.717, 1.165) is 24.1 Å². The van der Waals surface area contributed by atoms with Crippen LogP contribution in [0.5, 0.6) is 0 Å². The monoisotopic (exact) mass is 300 g/mol. The largest absolute Gasteiger partial charge is 0.394 e. The summed E-state index contributed by atoms with van der Waals surface area (Å²) in [6.45, 7) is 4.62. The van der Waals surface area contributed by atoms with Crippen molar-refractivity contribution in [3.05, 3.63) is 28.5 Å². The molecule has 2 atom stereocenters. The van der Waals surface area contributed by atoms with Crippen molar-refractivity contribution < 1.29 is 9.84 Å². The fraction of sp³-hybridized carbons (Fsp3) is 0.583. The summed E-state index contributed by atoms with van der Waals surface area (Å²) in [5.74, 6) is 0. The van der Waals surface area contributed by atoms with Crippen LogP contribution in [0.3, 0.4) is 0 Å². The molecule has 0 amide bonds. The second kappa shape index (κ2) is 5.91. The smallest absolute Gasteiger partial charge is 0.0936 e. The van der Waals surface area contributed by atoms with Crippen molar-refractivity contribution in [3.63, 3.8) is 0 Å². The molecule has 94 valence electrons. The van der Waals surface area contributed by atoms with E-state index in [1.54, 1.807) is 6.20 Å². The van der Waals surface area contributed by atoms with E-state index in [4.69, 9.17) is 9.84 Å². The Bertz CT molecular complexity index is 375. The van der Waals surface area contributed by atoms with Crippen molar-refractivity contribution in [2.45, 2.75) is 25.7 Å². The molecule has 1 aliphatic heterocycles. The van der Waals surface area contributed by atoms with Gasteiger partial charge in [0, 0.05) is 36.5 Å². The van der Waals surface area contributed by atoms with Crippen LogP contribution in [-0.2, 0) is 11.3 Å². The van der Waals surface area contributed by atoms with Gasteiger partial charge in [-0.3, -0.25) is 9.88 Å². The fourth-order valence-corrected chi connectivity index (χ4v) is 2.58. The number of nitrogens with zero attached hydrogens (tertiary/aromatic N) is 2. The molecule has 4 nitrogen and oxygen atoms in total. The van der Waals surface area contributed by atoms with Gasteiger partial charge in [-0.2, -0.15) is 0 Å². The van der Waals surface area contributed by atoms with Crippen LogP contribution in [0, 0.1) is 0 Å². The summed E-state index contributed by atoms with van der Waals surface area (Å²) in [6.07, 6.45) is 3.75.